The van der Waals surface area contributed by atoms with Gasteiger partial charge in [0.25, 0.3) is 5.91 Å². The molecular formula is C13H8Br3ClN2O. The zero-order chi connectivity index (χ0) is 14.9. The Bertz CT molecular complexity index is 648. The molecule has 1 amide bonds. The van der Waals surface area contributed by atoms with Gasteiger partial charge >= 0.3 is 0 Å². The molecule has 2 rings (SSSR count). The monoisotopic (exact) mass is 480 g/mol. The third kappa shape index (κ3) is 3.75. The van der Waals surface area contributed by atoms with Crippen molar-refractivity contribution in [1.82, 2.24) is 0 Å². The Morgan fingerprint density at radius 2 is 1.65 bits per heavy atom. The molecule has 3 nitrogen and oxygen atoms in total. The Morgan fingerprint density at radius 3 is 2.20 bits per heavy atom. The number of nitrogens with two attached hydrogens (primary N) is 1. The third-order valence-electron chi connectivity index (χ3n) is 2.43. The highest BCUT2D eigenvalue weighted by Crippen LogP contribution is 2.34. The van der Waals surface area contributed by atoms with Crippen molar-refractivity contribution >= 4 is 76.7 Å². The van der Waals surface area contributed by atoms with Gasteiger partial charge in [-0.2, -0.15) is 0 Å². The summed E-state index contributed by atoms with van der Waals surface area (Å²) in [5.74, 6) is -0.264. The van der Waals surface area contributed by atoms with Crippen LogP contribution >= 0.6 is 59.4 Å². The second-order valence-electron chi connectivity index (χ2n) is 3.97. The predicted molar refractivity (Wildman–Crippen MR) is 93.4 cm³/mol. The summed E-state index contributed by atoms with van der Waals surface area (Å²) in [6.07, 6.45) is 0. The fourth-order valence-corrected chi connectivity index (χ4v) is 3.86. The number of hydrogen-bond donors (Lipinski definition) is 2. The molecule has 0 spiro atoms. The minimum Gasteiger partial charge on any atom is -0.399 e. The molecule has 2 aromatic rings. The van der Waals surface area contributed by atoms with Crippen LogP contribution in [-0.4, -0.2) is 5.91 Å². The van der Waals surface area contributed by atoms with E-state index < -0.39 is 0 Å². The molecule has 0 aliphatic rings. The van der Waals surface area contributed by atoms with Gasteiger partial charge in [0.15, 0.2) is 0 Å². The van der Waals surface area contributed by atoms with Crippen LogP contribution in [0.4, 0.5) is 11.4 Å². The van der Waals surface area contributed by atoms with Crippen LogP contribution in [0.3, 0.4) is 0 Å². The topological polar surface area (TPSA) is 55.1 Å². The number of nitrogens with one attached hydrogen (secondary N) is 1. The first-order valence-electron chi connectivity index (χ1n) is 5.39. The molecule has 0 atom stereocenters. The van der Waals surface area contributed by atoms with Crippen LogP contribution in [0.2, 0.25) is 5.02 Å². The zero-order valence-corrected chi connectivity index (χ0v) is 15.4. The maximum Gasteiger partial charge on any atom is 0.255 e. The summed E-state index contributed by atoms with van der Waals surface area (Å²) >= 11 is 16.0. The molecule has 20 heavy (non-hydrogen) atoms. The molecule has 7 heteroatoms. The molecule has 2 aromatic carbocycles. The molecule has 104 valence electrons. The zero-order valence-electron chi connectivity index (χ0n) is 9.88. The molecular weight excluding hydrogens is 475 g/mol. The van der Waals surface area contributed by atoms with Crippen LogP contribution in [-0.2, 0) is 0 Å². The van der Waals surface area contributed by atoms with Gasteiger partial charge in [-0.25, -0.2) is 0 Å². The summed E-state index contributed by atoms with van der Waals surface area (Å²) < 4.78 is 2.13. The number of hydrogen-bond acceptors (Lipinski definition) is 2. The Morgan fingerprint density at radius 1 is 1.05 bits per heavy atom. The van der Waals surface area contributed by atoms with E-state index in [4.69, 9.17) is 17.3 Å². The average molecular weight is 483 g/mol. The van der Waals surface area contributed by atoms with E-state index in [1.54, 1.807) is 30.3 Å². The standard InChI is InChI=1S/C13H8Br3ClN2O/c14-7-1-6(2-8(17)3-7)13(20)19-12-10(15)4-9(18)5-11(12)16/h1-5H,18H2,(H,19,20). The van der Waals surface area contributed by atoms with E-state index >= 15 is 0 Å². The second-order valence-corrected chi connectivity index (χ2v) is 7.03. The maximum atomic E-state index is 12.2. The number of rotatable bonds is 2. The van der Waals surface area contributed by atoms with Gasteiger partial charge in [-0.15, -0.1) is 0 Å². The molecule has 0 aliphatic heterocycles. The molecule has 0 radical (unpaired) electrons. The lowest BCUT2D eigenvalue weighted by Gasteiger charge is -2.11. The lowest BCUT2D eigenvalue weighted by Crippen LogP contribution is -2.13. The summed E-state index contributed by atoms with van der Waals surface area (Å²) in [6, 6.07) is 8.44. The average Bonchev–Trinajstić information content (AvgIpc) is 2.32. The maximum absolute atomic E-state index is 12.2. The van der Waals surface area contributed by atoms with Gasteiger partial charge in [0.05, 0.1) is 5.69 Å². The first-order chi connectivity index (χ1) is 9.36. The summed E-state index contributed by atoms with van der Waals surface area (Å²) in [7, 11) is 0. The van der Waals surface area contributed by atoms with Crippen molar-refractivity contribution in [3.05, 3.63) is 54.3 Å². The van der Waals surface area contributed by atoms with E-state index in [-0.39, 0.29) is 5.91 Å². The number of carbonyl (C=O) groups excluding carboxylic acids is 1. The minimum atomic E-state index is -0.264. The highest BCUT2D eigenvalue weighted by atomic mass is 79.9. The highest BCUT2D eigenvalue weighted by molar-refractivity contribution is 9.11. The summed E-state index contributed by atoms with van der Waals surface area (Å²) in [4.78, 5) is 12.2. The molecule has 0 aliphatic carbocycles. The highest BCUT2D eigenvalue weighted by Gasteiger charge is 2.13. The molecule has 0 bridgehead atoms. The van der Waals surface area contributed by atoms with Crippen molar-refractivity contribution in [2.45, 2.75) is 0 Å². The summed E-state index contributed by atoms with van der Waals surface area (Å²) in [6.45, 7) is 0. The number of nitrogen functional groups attached to an aromatic ring is 1. The van der Waals surface area contributed by atoms with E-state index in [1.165, 1.54) is 0 Å². The van der Waals surface area contributed by atoms with Crippen LogP contribution in [0.1, 0.15) is 10.4 Å². The Kier molecular flexibility index (Phi) is 5.12. The number of carbonyl (C=O) groups is 1. The lowest BCUT2D eigenvalue weighted by molar-refractivity contribution is 0.102. The van der Waals surface area contributed by atoms with E-state index in [2.05, 4.69) is 53.1 Å². The smallest absolute Gasteiger partial charge is 0.255 e. The molecule has 0 aromatic heterocycles. The van der Waals surface area contributed by atoms with Crippen molar-refractivity contribution in [3.63, 3.8) is 0 Å². The first-order valence-corrected chi connectivity index (χ1v) is 8.14. The Hall–Kier alpha value is -0.560. The van der Waals surface area contributed by atoms with Gasteiger partial charge in [-0.1, -0.05) is 27.5 Å². The number of amides is 1. The summed E-state index contributed by atoms with van der Waals surface area (Å²) in [5.41, 5.74) is 7.37. The summed E-state index contributed by atoms with van der Waals surface area (Å²) in [5, 5.41) is 3.29. The van der Waals surface area contributed by atoms with Crippen LogP contribution in [0, 0.1) is 0 Å². The Balaban J connectivity index is 2.32. The second kappa shape index (κ2) is 6.47. The van der Waals surface area contributed by atoms with E-state index in [1.807, 2.05) is 0 Å². The molecule has 0 saturated carbocycles. The lowest BCUT2D eigenvalue weighted by atomic mass is 10.2. The largest absolute Gasteiger partial charge is 0.399 e. The van der Waals surface area contributed by atoms with Crippen LogP contribution in [0.5, 0.6) is 0 Å². The van der Waals surface area contributed by atoms with Gasteiger partial charge in [0.2, 0.25) is 0 Å². The molecule has 0 saturated heterocycles. The normalized spacial score (nSPS) is 10.4. The fourth-order valence-electron chi connectivity index (χ4n) is 1.58. The van der Waals surface area contributed by atoms with Gasteiger partial charge in [-0.3, -0.25) is 4.79 Å². The third-order valence-corrected chi connectivity index (χ3v) is 4.35. The van der Waals surface area contributed by atoms with Crippen LogP contribution in [0.25, 0.3) is 0 Å². The van der Waals surface area contributed by atoms with E-state index in [0.29, 0.717) is 30.9 Å². The predicted octanol–water partition coefficient (Wildman–Crippen LogP) is 5.46. The first kappa shape index (κ1) is 15.8. The van der Waals surface area contributed by atoms with Crippen molar-refractivity contribution in [3.8, 4) is 0 Å². The number of halogens is 4. The van der Waals surface area contributed by atoms with Gasteiger partial charge in [0.1, 0.15) is 0 Å². The fraction of sp³-hybridized carbons (Fsp3) is 0. The molecule has 0 heterocycles. The quantitative estimate of drug-likeness (QED) is 0.558. The SMILES string of the molecule is Nc1cc(Br)c(NC(=O)c2cc(Cl)cc(Br)c2)c(Br)c1. The van der Waals surface area contributed by atoms with Crippen molar-refractivity contribution in [1.29, 1.82) is 0 Å². The number of benzene rings is 2. The van der Waals surface area contributed by atoms with E-state index in [0.717, 1.165) is 4.47 Å². The molecule has 3 N–H and O–H groups in total. The van der Waals surface area contributed by atoms with E-state index in [9.17, 15) is 4.79 Å². The number of anilines is 2. The van der Waals surface area contributed by atoms with Crippen LogP contribution in [0.15, 0.2) is 43.7 Å². The van der Waals surface area contributed by atoms with Crippen molar-refractivity contribution in [2.75, 3.05) is 11.1 Å². The molecule has 0 unspecified atom stereocenters. The van der Waals surface area contributed by atoms with Gasteiger partial charge < -0.3 is 11.1 Å². The Labute approximate surface area is 146 Å². The van der Waals surface area contributed by atoms with Gasteiger partial charge in [-0.05, 0) is 62.2 Å². The van der Waals surface area contributed by atoms with Gasteiger partial charge in [0, 0.05) is 29.7 Å². The minimum absolute atomic E-state index is 0.264. The van der Waals surface area contributed by atoms with Crippen LogP contribution < -0.4 is 11.1 Å². The van der Waals surface area contributed by atoms with Crippen molar-refractivity contribution < 1.29 is 4.79 Å². The van der Waals surface area contributed by atoms with Crippen molar-refractivity contribution in [2.24, 2.45) is 0 Å². The molecule has 0 fully saturated rings.